The number of amides is 1. The van der Waals surface area contributed by atoms with Crippen LogP contribution in [0.1, 0.15) is 19.8 Å². The first-order valence-electron chi connectivity index (χ1n) is 4.33. The van der Waals surface area contributed by atoms with Crippen molar-refractivity contribution in [3.8, 4) is 0 Å². The summed E-state index contributed by atoms with van der Waals surface area (Å²) in [5, 5.41) is 1.17. The maximum atomic E-state index is 11.0. The van der Waals surface area contributed by atoms with Crippen molar-refractivity contribution in [3.05, 3.63) is 4.91 Å². The van der Waals surface area contributed by atoms with E-state index in [9.17, 15) is 9.70 Å². The van der Waals surface area contributed by atoms with Crippen LogP contribution in [0.25, 0.3) is 0 Å². The Bertz CT molecular complexity index is 207. The van der Waals surface area contributed by atoms with E-state index in [1.165, 1.54) is 5.01 Å². The van der Waals surface area contributed by atoms with E-state index in [0.717, 1.165) is 12.8 Å². The average Bonchev–Trinajstić information content (AvgIpc) is 2.39. The first-order valence-corrected chi connectivity index (χ1v) is 4.33. The molecule has 0 radical (unpaired) electrons. The predicted octanol–water partition coefficient (Wildman–Crippen LogP) is -0.199. The fourth-order valence-electron chi connectivity index (χ4n) is 0.937. The second kappa shape index (κ2) is 4.76. The SMILES string of the molecule is CCCCOCN1N[N+](=O)CC1=O. The molecular formula is C7H14N3O3+. The third-order valence-electron chi connectivity index (χ3n) is 1.67. The number of rotatable bonds is 5. The molecule has 1 aliphatic heterocycles. The van der Waals surface area contributed by atoms with Crippen molar-refractivity contribution in [1.29, 1.82) is 0 Å². The van der Waals surface area contributed by atoms with Gasteiger partial charge in [0.25, 0.3) is 0 Å². The van der Waals surface area contributed by atoms with Gasteiger partial charge in [-0.25, -0.2) is 0 Å². The molecular weight excluding hydrogens is 174 g/mol. The molecule has 0 aromatic carbocycles. The molecule has 0 atom stereocenters. The van der Waals surface area contributed by atoms with Gasteiger partial charge in [-0.15, -0.1) is 0 Å². The van der Waals surface area contributed by atoms with Gasteiger partial charge in [-0.1, -0.05) is 13.3 Å². The highest BCUT2D eigenvalue weighted by atomic mass is 16.5. The van der Waals surface area contributed by atoms with E-state index >= 15 is 0 Å². The van der Waals surface area contributed by atoms with Gasteiger partial charge in [0.1, 0.15) is 11.6 Å². The van der Waals surface area contributed by atoms with Gasteiger partial charge in [-0.3, -0.25) is 4.79 Å². The van der Waals surface area contributed by atoms with Crippen LogP contribution in [0.15, 0.2) is 0 Å². The zero-order chi connectivity index (χ0) is 9.68. The van der Waals surface area contributed by atoms with Crippen LogP contribution in [-0.2, 0) is 9.53 Å². The molecule has 6 heteroatoms. The number of nitrogens with one attached hydrogen (secondary N) is 1. The van der Waals surface area contributed by atoms with Crippen LogP contribution in [0, 0.1) is 4.91 Å². The highest BCUT2D eigenvalue weighted by Crippen LogP contribution is 1.95. The van der Waals surface area contributed by atoms with Gasteiger partial charge < -0.3 is 4.74 Å². The van der Waals surface area contributed by atoms with E-state index in [-0.39, 0.29) is 19.2 Å². The fourth-order valence-corrected chi connectivity index (χ4v) is 0.937. The van der Waals surface area contributed by atoms with Crippen LogP contribution in [0.2, 0.25) is 0 Å². The Hall–Kier alpha value is -1.17. The normalized spacial score (nSPS) is 16.5. The van der Waals surface area contributed by atoms with Gasteiger partial charge in [-0.05, 0) is 12.0 Å². The highest BCUT2D eigenvalue weighted by molar-refractivity contribution is 5.77. The minimum Gasteiger partial charge on any atom is -0.359 e. The number of unbranched alkanes of at least 4 members (excludes halogenated alkanes) is 1. The molecule has 1 saturated heterocycles. The van der Waals surface area contributed by atoms with Crippen LogP contribution in [0.5, 0.6) is 0 Å². The Morgan fingerprint density at radius 1 is 1.69 bits per heavy atom. The van der Waals surface area contributed by atoms with E-state index in [4.69, 9.17) is 4.74 Å². The Labute approximate surface area is 76.4 Å². The molecule has 0 aromatic heterocycles. The number of hydrazine groups is 2. The van der Waals surface area contributed by atoms with Crippen molar-refractivity contribution in [2.75, 3.05) is 19.9 Å². The molecule has 1 heterocycles. The first kappa shape index (κ1) is 9.91. The fraction of sp³-hybridized carbons (Fsp3) is 0.857. The van der Waals surface area contributed by atoms with Crippen molar-refractivity contribution < 1.29 is 14.4 Å². The lowest BCUT2D eigenvalue weighted by molar-refractivity contribution is -0.602. The number of hydrogen-bond donors (Lipinski definition) is 1. The van der Waals surface area contributed by atoms with Crippen molar-refractivity contribution in [3.63, 3.8) is 0 Å². The van der Waals surface area contributed by atoms with Crippen LogP contribution in [0.3, 0.4) is 0 Å². The maximum absolute atomic E-state index is 11.0. The minimum atomic E-state index is -0.258. The van der Waals surface area contributed by atoms with Crippen molar-refractivity contribution in [2.45, 2.75) is 19.8 Å². The Kier molecular flexibility index (Phi) is 3.63. The monoisotopic (exact) mass is 188 g/mol. The molecule has 13 heavy (non-hydrogen) atoms. The van der Waals surface area contributed by atoms with E-state index in [2.05, 4.69) is 12.5 Å². The number of hydrogen-bond acceptors (Lipinski definition) is 3. The summed E-state index contributed by atoms with van der Waals surface area (Å²) < 4.78 is 5.15. The predicted molar refractivity (Wildman–Crippen MR) is 44.2 cm³/mol. The molecule has 74 valence electrons. The summed E-state index contributed by atoms with van der Waals surface area (Å²) >= 11 is 0. The van der Waals surface area contributed by atoms with Crippen LogP contribution >= 0.6 is 0 Å². The van der Waals surface area contributed by atoms with Crippen molar-refractivity contribution in [2.24, 2.45) is 0 Å². The number of carbonyl (C=O) groups is 1. The lowest BCUT2D eigenvalue weighted by Crippen LogP contribution is -2.38. The number of nitroso groups, excluding NO2 is 1. The molecule has 1 rings (SSSR count). The summed E-state index contributed by atoms with van der Waals surface area (Å²) in [6, 6.07) is 0. The Morgan fingerprint density at radius 3 is 3.00 bits per heavy atom. The molecule has 6 nitrogen and oxygen atoms in total. The number of nitrogens with zero attached hydrogens (tertiary/aromatic N) is 2. The molecule has 0 aromatic rings. The maximum Gasteiger partial charge on any atom is 0.321 e. The van der Waals surface area contributed by atoms with Crippen LogP contribution < -0.4 is 5.53 Å². The summed E-state index contributed by atoms with van der Waals surface area (Å²) in [5.41, 5.74) is 2.32. The zero-order valence-corrected chi connectivity index (χ0v) is 7.65. The van der Waals surface area contributed by atoms with Crippen LogP contribution in [-0.4, -0.2) is 35.7 Å². The lowest BCUT2D eigenvalue weighted by Gasteiger charge is -2.09. The zero-order valence-electron chi connectivity index (χ0n) is 7.65. The van der Waals surface area contributed by atoms with Gasteiger partial charge in [0, 0.05) is 6.61 Å². The Morgan fingerprint density at radius 2 is 2.46 bits per heavy atom. The number of carbonyl (C=O) groups excluding carboxylic acids is 1. The summed E-state index contributed by atoms with van der Waals surface area (Å²) in [7, 11) is 0. The van der Waals surface area contributed by atoms with Gasteiger partial charge >= 0.3 is 12.5 Å². The van der Waals surface area contributed by atoms with Crippen molar-refractivity contribution >= 4 is 5.91 Å². The van der Waals surface area contributed by atoms with E-state index in [0.29, 0.717) is 11.5 Å². The summed E-state index contributed by atoms with van der Waals surface area (Å²) in [6.45, 7) is 2.66. The second-order valence-corrected chi connectivity index (χ2v) is 2.85. The summed E-state index contributed by atoms with van der Waals surface area (Å²) in [4.78, 5) is 22.1. The minimum absolute atomic E-state index is 0.136. The smallest absolute Gasteiger partial charge is 0.321 e. The molecule has 1 aliphatic rings. The third kappa shape index (κ3) is 2.98. The standard InChI is InChI=1S/C7H14N3O3/c1-2-3-4-13-6-9-7(11)5-10(12)8-9/h2-6H2,1H3,(H,8,12)/q+1. The van der Waals surface area contributed by atoms with E-state index < -0.39 is 0 Å². The van der Waals surface area contributed by atoms with Gasteiger partial charge in [0.15, 0.2) is 0 Å². The molecule has 0 unspecified atom stereocenters. The van der Waals surface area contributed by atoms with E-state index in [1.807, 2.05) is 0 Å². The molecule has 0 aliphatic carbocycles. The van der Waals surface area contributed by atoms with Crippen LogP contribution in [0.4, 0.5) is 0 Å². The largest absolute Gasteiger partial charge is 0.359 e. The lowest BCUT2D eigenvalue weighted by atomic mass is 10.4. The molecule has 0 spiro atoms. The van der Waals surface area contributed by atoms with Gasteiger partial charge in [0.05, 0.1) is 4.91 Å². The van der Waals surface area contributed by atoms with Gasteiger partial charge in [-0.2, -0.15) is 5.01 Å². The van der Waals surface area contributed by atoms with Gasteiger partial charge in [0.2, 0.25) is 0 Å². The third-order valence-corrected chi connectivity index (χ3v) is 1.67. The Balaban J connectivity index is 2.14. The quantitative estimate of drug-likeness (QED) is 0.479. The topological polar surface area (TPSA) is 61.6 Å². The summed E-state index contributed by atoms with van der Waals surface area (Å²) in [5.74, 6) is -0.258. The molecule has 1 N–H and O–H groups in total. The number of ether oxygens (including phenoxy) is 1. The average molecular weight is 188 g/mol. The van der Waals surface area contributed by atoms with Crippen molar-refractivity contribution in [1.82, 2.24) is 10.5 Å². The molecule has 0 bridgehead atoms. The highest BCUT2D eigenvalue weighted by Gasteiger charge is 2.33. The molecule has 1 fully saturated rings. The summed E-state index contributed by atoms with van der Waals surface area (Å²) in [6.07, 6.45) is 2.01. The molecule has 1 amide bonds. The second-order valence-electron chi connectivity index (χ2n) is 2.85. The first-order chi connectivity index (χ1) is 6.24. The van der Waals surface area contributed by atoms with E-state index in [1.54, 1.807) is 0 Å². The molecule has 0 saturated carbocycles.